The van der Waals surface area contributed by atoms with Gasteiger partial charge in [-0.2, -0.15) is 0 Å². The lowest BCUT2D eigenvalue weighted by atomic mass is 9.78. The van der Waals surface area contributed by atoms with Crippen LogP contribution >= 0.6 is 0 Å². The molecule has 0 N–H and O–H groups in total. The van der Waals surface area contributed by atoms with Crippen molar-refractivity contribution in [3.8, 4) is 0 Å². The van der Waals surface area contributed by atoms with E-state index in [-0.39, 0.29) is 11.2 Å². The summed E-state index contributed by atoms with van der Waals surface area (Å²) in [5, 5.41) is 0. The number of ether oxygens (including phenoxy) is 2. The van der Waals surface area contributed by atoms with Crippen LogP contribution < -0.4 is 0 Å². The highest BCUT2D eigenvalue weighted by Crippen LogP contribution is 2.38. The lowest BCUT2D eigenvalue weighted by Crippen LogP contribution is -2.49. The first-order valence-electron chi connectivity index (χ1n) is 5.11. The van der Waals surface area contributed by atoms with Gasteiger partial charge in [-0.05, 0) is 26.2 Å². The molecular weight excluding hydrogens is 164 g/mol. The fourth-order valence-corrected chi connectivity index (χ4v) is 1.93. The standard InChI is InChI=1S/C11H22O2/c1-9(2)11(4)8-10(3,12-5)6-7-13-11/h9H,6-8H2,1-5H3. The fourth-order valence-electron chi connectivity index (χ4n) is 1.93. The number of methoxy groups -OCH3 is 1. The summed E-state index contributed by atoms with van der Waals surface area (Å²) in [6.45, 7) is 9.60. The van der Waals surface area contributed by atoms with E-state index in [0.717, 1.165) is 19.4 Å². The van der Waals surface area contributed by atoms with E-state index in [1.165, 1.54) is 0 Å². The van der Waals surface area contributed by atoms with Gasteiger partial charge in [0.1, 0.15) is 0 Å². The molecule has 1 rings (SSSR count). The maximum atomic E-state index is 5.84. The van der Waals surface area contributed by atoms with Crippen molar-refractivity contribution in [3.05, 3.63) is 0 Å². The van der Waals surface area contributed by atoms with Crippen molar-refractivity contribution in [3.63, 3.8) is 0 Å². The second-order valence-electron chi connectivity index (χ2n) is 4.90. The molecule has 2 nitrogen and oxygen atoms in total. The summed E-state index contributed by atoms with van der Waals surface area (Å²) < 4.78 is 11.4. The van der Waals surface area contributed by atoms with E-state index in [4.69, 9.17) is 9.47 Å². The minimum absolute atomic E-state index is 0.0109. The largest absolute Gasteiger partial charge is 0.378 e. The molecule has 0 aromatic carbocycles. The number of hydrogen-bond donors (Lipinski definition) is 0. The van der Waals surface area contributed by atoms with Crippen LogP contribution in [0.2, 0.25) is 0 Å². The van der Waals surface area contributed by atoms with Gasteiger partial charge < -0.3 is 9.47 Å². The van der Waals surface area contributed by atoms with Crippen molar-refractivity contribution >= 4 is 0 Å². The molecular formula is C11H22O2. The van der Waals surface area contributed by atoms with Gasteiger partial charge in [0, 0.05) is 13.5 Å². The van der Waals surface area contributed by atoms with Gasteiger partial charge in [-0.15, -0.1) is 0 Å². The lowest BCUT2D eigenvalue weighted by Gasteiger charge is -2.46. The Kier molecular flexibility index (Phi) is 3.03. The first kappa shape index (κ1) is 11.0. The maximum absolute atomic E-state index is 5.84. The molecule has 0 aliphatic carbocycles. The second-order valence-corrected chi connectivity index (χ2v) is 4.90. The summed E-state index contributed by atoms with van der Waals surface area (Å²) in [6.07, 6.45) is 2.00. The van der Waals surface area contributed by atoms with Crippen molar-refractivity contribution in [2.75, 3.05) is 13.7 Å². The van der Waals surface area contributed by atoms with E-state index >= 15 is 0 Å². The number of rotatable bonds is 2. The number of hydrogen-bond acceptors (Lipinski definition) is 2. The van der Waals surface area contributed by atoms with E-state index in [2.05, 4.69) is 27.7 Å². The van der Waals surface area contributed by atoms with Crippen molar-refractivity contribution in [2.24, 2.45) is 5.92 Å². The molecule has 1 aliphatic heterocycles. The Labute approximate surface area is 81.6 Å². The summed E-state index contributed by atoms with van der Waals surface area (Å²) in [6, 6.07) is 0. The zero-order valence-electron chi connectivity index (χ0n) is 9.52. The SMILES string of the molecule is COC1(C)CCOC(C)(C(C)C)C1. The summed E-state index contributed by atoms with van der Waals surface area (Å²) in [5.74, 6) is 0.544. The van der Waals surface area contributed by atoms with Crippen molar-refractivity contribution in [1.82, 2.24) is 0 Å². The molecule has 78 valence electrons. The molecule has 0 spiro atoms. The maximum Gasteiger partial charge on any atom is 0.0704 e. The van der Waals surface area contributed by atoms with Gasteiger partial charge in [-0.25, -0.2) is 0 Å². The van der Waals surface area contributed by atoms with E-state index in [1.54, 1.807) is 7.11 Å². The molecule has 2 atom stereocenters. The Morgan fingerprint density at radius 1 is 1.31 bits per heavy atom. The molecule has 1 heterocycles. The second kappa shape index (κ2) is 3.58. The molecule has 0 aromatic heterocycles. The highest BCUT2D eigenvalue weighted by atomic mass is 16.5. The van der Waals surface area contributed by atoms with Gasteiger partial charge in [0.2, 0.25) is 0 Å². The molecule has 0 amide bonds. The normalized spacial score (nSPS) is 41.1. The summed E-state index contributed by atoms with van der Waals surface area (Å²) in [4.78, 5) is 0. The third kappa shape index (κ3) is 2.23. The monoisotopic (exact) mass is 186 g/mol. The van der Waals surface area contributed by atoms with Crippen LogP contribution in [0.3, 0.4) is 0 Å². The molecule has 2 heteroatoms. The van der Waals surface area contributed by atoms with Crippen molar-refractivity contribution in [2.45, 2.75) is 51.7 Å². The Morgan fingerprint density at radius 2 is 1.92 bits per heavy atom. The highest BCUT2D eigenvalue weighted by Gasteiger charge is 2.42. The van der Waals surface area contributed by atoms with Crippen LogP contribution in [-0.2, 0) is 9.47 Å². The molecule has 1 fully saturated rings. The Hall–Kier alpha value is -0.0800. The zero-order valence-corrected chi connectivity index (χ0v) is 9.52. The smallest absolute Gasteiger partial charge is 0.0704 e. The molecule has 0 saturated carbocycles. The van der Waals surface area contributed by atoms with Crippen LogP contribution in [0.15, 0.2) is 0 Å². The summed E-state index contributed by atoms with van der Waals surface area (Å²) >= 11 is 0. The van der Waals surface area contributed by atoms with Gasteiger partial charge in [0.25, 0.3) is 0 Å². The van der Waals surface area contributed by atoms with Crippen LogP contribution in [0, 0.1) is 5.92 Å². The zero-order chi connectivity index (χ0) is 10.1. The predicted molar refractivity (Wildman–Crippen MR) is 53.8 cm³/mol. The third-order valence-corrected chi connectivity index (χ3v) is 3.50. The Bertz CT molecular complexity index is 179. The first-order valence-corrected chi connectivity index (χ1v) is 5.11. The van der Waals surface area contributed by atoms with Crippen LogP contribution in [0.4, 0.5) is 0 Å². The molecule has 0 radical (unpaired) electrons. The van der Waals surface area contributed by atoms with Gasteiger partial charge in [0.05, 0.1) is 17.8 Å². The van der Waals surface area contributed by atoms with E-state index in [9.17, 15) is 0 Å². The fraction of sp³-hybridized carbons (Fsp3) is 1.00. The average Bonchev–Trinajstić information content (AvgIpc) is 2.04. The van der Waals surface area contributed by atoms with Crippen LogP contribution in [0.5, 0.6) is 0 Å². The van der Waals surface area contributed by atoms with Gasteiger partial charge in [0.15, 0.2) is 0 Å². The lowest BCUT2D eigenvalue weighted by molar-refractivity contribution is -0.174. The molecule has 1 aliphatic rings. The average molecular weight is 186 g/mol. The summed E-state index contributed by atoms with van der Waals surface area (Å²) in [7, 11) is 1.80. The molecule has 2 unspecified atom stereocenters. The topological polar surface area (TPSA) is 18.5 Å². The molecule has 0 bridgehead atoms. The van der Waals surface area contributed by atoms with E-state index in [1.807, 2.05) is 0 Å². The van der Waals surface area contributed by atoms with Crippen LogP contribution in [-0.4, -0.2) is 24.9 Å². The minimum Gasteiger partial charge on any atom is -0.378 e. The van der Waals surface area contributed by atoms with E-state index < -0.39 is 0 Å². The van der Waals surface area contributed by atoms with Gasteiger partial charge in [-0.3, -0.25) is 0 Å². The molecule has 0 aromatic rings. The van der Waals surface area contributed by atoms with Crippen LogP contribution in [0.1, 0.15) is 40.5 Å². The summed E-state index contributed by atoms with van der Waals surface area (Å²) in [5.41, 5.74) is 0.000278. The van der Waals surface area contributed by atoms with Gasteiger partial charge >= 0.3 is 0 Å². The van der Waals surface area contributed by atoms with Crippen molar-refractivity contribution < 1.29 is 9.47 Å². The van der Waals surface area contributed by atoms with E-state index in [0.29, 0.717) is 5.92 Å². The Morgan fingerprint density at radius 3 is 2.38 bits per heavy atom. The molecule has 1 saturated heterocycles. The quantitative estimate of drug-likeness (QED) is 0.660. The van der Waals surface area contributed by atoms with Crippen LogP contribution in [0.25, 0.3) is 0 Å². The minimum atomic E-state index is -0.0109. The Balaban J connectivity index is 2.71. The predicted octanol–water partition coefficient (Wildman–Crippen LogP) is 2.62. The first-order chi connectivity index (χ1) is 5.92. The van der Waals surface area contributed by atoms with Crippen molar-refractivity contribution in [1.29, 1.82) is 0 Å². The highest BCUT2D eigenvalue weighted by molar-refractivity contribution is 4.92. The van der Waals surface area contributed by atoms with Gasteiger partial charge in [-0.1, -0.05) is 13.8 Å². The molecule has 13 heavy (non-hydrogen) atoms. The third-order valence-electron chi connectivity index (χ3n) is 3.50.